The van der Waals surface area contributed by atoms with Crippen molar-refractivity contribution in [1.29, 1.82) is 0 Å². The molecule has 1 heterocycles. The van der Waals surface area contributed by atoms with E-state index in [1.807, 2.05) is 0 Å². The standard InChI is InChI=1S/C29H50N2O3/c1-6-7-14-30-15-17-31(18-16-30)28-23-26(34-22-21-33-20-19-32-5)12-13-27(28)24-8-10-25(11-9-24)29(2,3)4/h12-13,23-25H,6-11,14-22H2,1-5H3. The summed E-state index contributed by atoms with van der Waals surface area (Å²) in [6.45, 7) is 17.7. The zero-order chi connectivity index (χ0) is 24.4. The Hall–Kier alpha value is -1.30. The van der Waals surface area contributed by atoms with Crippen LogP contribution in [-0.4, -0.2) is 71.2 Å². The number of hydrogen-bond acceptors (Lipinski definition) is 5. The Labute approximate surface area is 209 Å². The van der Waals surface area contributed by atoms with Gasteiger partial charge in [-0.1, -0.05) is 40.2 Å². The summed E-state index contributed by atoms with van der Waals surface area (Å²) in [6.07, 6.45) is 7.87. The quantitative estimate of drug-likeness (QED) is 0.349. The largest absolute Gasteiger partial charge is 0.491 e. The first-order chi connectivity index (χ1) is 16.4. The Bertz CT molecular complexity index is 702. The van der Waals surface area contributed by atoms with Gasteiger partial charge in [-0.3, -0.25) is 4.90 Å². The molecule has 2 aliphatic rings. The predicted octanol–water partition coefficient (Wildman–Crippen LogP) is 5.97. The summed E-state index contributed by atoms with van der Waals surface area (Å²) in [7, 11) is 1.70. The second-order valence-electron chi connectivity index (χ2n) is 11.3. The van der Waals surface area contributed by atoms with E-state index >= 15 is 0 Å². The maximum absolute atomic E-state index is 6.09. The lowest BCUT2D eigenvalue weighted by atomic mass is 9.68. The highest BCUT2D eigenvalue weighted by Crippen LogP contribution is 2.45. The summed E-state index contributed by atoms with van der Waals surface area (Å²) in [5.74, 6) is 2.47. The van der Waals surface area contributed by atoms with Crippen molar-refractivity contribution in [2.45, 2.75) is 72.1 Å². The van der Waals surface area contributed by atoms with Gasteiger partial charge in [-0.15, -0.1) is 0 Å². The minimum atomic E-state index is 0.422. The molecule has 0 aromatic heterocycles. The molecule has 0 spiro atoms. The number of anilines is 1. The highest BCUT2D eigenvalue weighted by Gasteiger charge is 2.32. The maximum Gasteiger partial charge on any atom is 0.121 e. The van der Waals surface area contributed by atoms with E-state index in [0.29, 0.717) is 37.8 Å². The van der Waals surface area contributed by atoms with Gasteiger partial charge < -0.3 is 19.1 Å². The molecule has 0 atom stereocenters. The van der Waals surface area contributed by atoms with Crippen LogP contribution in [0.25, 0.3) is 0 Å². The van der Waals surface area contributed by atoms with Crippen LogP contribution in [0.3, 0.4) is 0 Å². The number of ether oxygens (including phenoxy) is 3. The van der Waals surface area contributed by atoms with Crippen molar-refractivity contribution in [1.82, 2.24) is 4.90 Å². The van der Waals surface area contributed by atoms with Crippen molar-refractivity contribution in [2.75, 3.05) is 71.2 Å². The van der Waals surface area contributed by atoms with Gasteiger partial charge in [-0.05, 0) is 67.5 Å². The molecule has 1 aliphatic heterocycles. The second-order valence-corrected chi connectivity index (χ2v) is 11.3. The minimum Gasteiger partial charge on any atom is -0.491 e. The van der Waals surface area contributed by atoms with E-state index in [1.54, 1.807) is 7.11 Å². The monoisotopic (exact) mass is 474 g/mol. The number of methoxy groups -OCH3 is 1. The van der Waals surface area contributed by atoms with Crippen LogP contribution in [0, 0.1) is 11.3 Å². The number of hydrogen-bond donors (Lipinski definition) is 0. The van der Waals surface area contributed by atoms with Crippen molar-refractivity contribution in [3.8, 4) is 5.75 Å². The van der Waals surface area contributed by atoms with Crippen molar-refractivity contribution < 1.29 is 14.2 Å². The Morgan fingerprint density at radius 2 is 1.62 bits per heavy atom. The normalized spacial score (nSPS) is 22.2. The maximum atomic E-state index is 6.09. The second kappa shape index (κ2) is 13.7. The topological polar surface area (TPSA) is 34.2 Å². The summed E-state index contributed by atoms with van der Waals surface area (Å²) < 4.78 is 16.7. The lowest BCUT2D eigenvalue weighted by Crippen LogP contribution is -2.47. The van der Waals surface area contributed by atoms with E-state index < -0.39 is 0 Å². The molecule has 1 saturated heterocycles. The fourth-order valence-electron chi connectivity index (χ4n) is 5.56. The van der Waals surface area contributed by atoms with Crippen LogP contribution in [0.4, 0.5) is 5.69 Å². The van der Waals surface area contributed by atoms with E-state index in [-0.39, 0.29) is 0 Å². The van der Waals surface area contributed by atoms with Crippen molar-refractivity contribution in [3.05, 3.63) is 23.8 Å². The van der Waals surface area contributed by atoms with Crippen LogP contribution < -0.4 is 9.64 Å². The van der Waals surface area contributed by atoms with Gasteiger partial charge in [0.2, 0.25) is 0 Å². The molecule has 0 amide bonds. The molecule has 1 aromatic rings. The zero-order valence-electron chi connectivity index (χ0n) is 22.6. The molecule has 5 nitrogen and oxygen atoms in total. The van der Waals surface area contributed by atoms with Crippen LogP contribution in [0.15, 0.2) is 18.2 Å². The molecule has 3 rings (SSSR count). The van der Waals surface area contributed by atoms with Crippen LogP contribution in [0.5, 0.6) is 5.75 Å². The summed E-state index contributed by atoms with van der Waals surface area (Å²) in [5.41, 5.74) is 3.37. The first-order valence-electron chi connectivity index (χ1n) is 13.7. The third kappa shape index (κ3) is 8.13. The van der Waals surface area contributed by atoms with Gasteiger partial charge in [0.15, 0.2) is 0 Å². The number of unbranched alkanes of at least 4 members (excludes halogenated alkanes) is 1. The zero-order valence-corrected chi connectivity index (χ0v) is 22.6. The highest BCUT2D eigenvalue weighted by molar-refractivity contribution is 5.59. The number of nitrogens with zero attached hydrogens (tertiary/aromatic N) is 2. The summed E-state index contributed by atoms with van der Waals surface area (Å²) in [6, 6.07) is 6.85. The Balaban J connectivity index is 1.67. The minimum absolute atomic E-state index is 0.422. The van der Waals surface area contributed by atoms with Gasteiger partial charge in [0, 0.05) is 45.0 Å². The average Bonchev–Trinajstić information content (AvgIpc) is 2.84. The van der Waals surface area contributed by atoms with E-state index in [0.717, 1.165) is 37.8 Å². The van der Waals surface area contributed by atoms with Crippen LogP contribution in [0.1, 0.15) is 77.7 Å². The van der Waals surface area contributed by atoms with Gasteiger partial charge in [0.25, 0.3) is 0 Å². The van der Waals surface area contributed by atoms with Gasteiger partial charge in [-0.2, -0.15) is 0 Å². The van der Waals surface area contributed by atoms with Crippen LogP contribution in [0.2, 0.25) is 0 Å². The van der Waals surface area contributed by atoms with E-state index in [1.165, 1.54) is 56.3 Å². The van der Waals surface area contributed by atoms with Gasteiger partial charge in [0.05, 0.1) is 19.8 Å². The fraction of sp³-hybridized carbons (Fsp3) is 0.793. The van der Waals surface area contributed by atoms with E-state index in [2.05, 4.69) is 55.7 Å². The first-order valence-corrected chi connectivity index (χ1v) is 13.7. The molecule has 5 heteroatoms. The number of benzene rings is 1. The molecule has 1 aromatic carbocycles. The summed E-state index contributed by atoms with van der Waals surface area (Å²) in [4.78, 5) is 5.25. The molecule has 0 bridgehead atoms. The smallest absolute Gasteiger partial charge is 0.121 e. The number of piperazine rings is 1. The summed E-state index contributed by atoms with van der Waals surface area (Å²) in [5, 5.41) is 0. The van der Waals surface area contributed by atoms with Crippen molar-refractivity contribution in [2.24, 2.45) is 11.3 Å². The number of rotatable bonds is 12. The first kappa shape index (κ1) is 27.3. The Morgan fingerprint density at radius 3 is 2.26 bits per heavy atom. The third-order valence-electron chi connectivity index (χ3n) is 7.86. The molecule has 2 fully saturated rings. The van der Waals surface area contributed by atoms with E-state index in [9.17, 15) is 0 Å². The van der Waals surface area contributed by atoms with Gasteiger partial charge in [0.1, 0.15) is 12.4 Å². The lowest BCUT2D eigenvalue weighted by molar-refractivity contribution is 0.0544. The van der Waals surface area contributed by atoms with Crippen LogP contribution in [-0.2, 0) is 9.47 Å². The molecule has 0 radical (unpaired) electrons. The molecular weight excluding hydrogens is 424 g/mol. The average molecular weight is 475 g/mol. The van der Waals surface area contributed by atoms with Crippen molar-refractivity contribution >= 4 is 5.69 Å². The molecule has 0 unspecified atom stereocenters. The van der Waals surface area contributed by atoms with Gasteiger partial charge in [-0.25, -0.2) is 0 Å². The molecule has 1 saturated carbocycles. The molecule has 0 N–H and O–H groups in total. The van der Waals surface area contributed by atoms with Crippen molar-refractivity contribution in [3.63, 3.8) is 0 Å². The third-order valence-corrected chi connectivity index (χ3v) is 7.86. The fourth-order valence-corrected chi connectivity index (χ4v) is 5.56. The highest BCUT2D eigenvalue weighted by atomic mass is 16.5. The van der Waals surface area contributed by atoms with Crippen LogP contribution >= 0.6 is 0 Å². The molecule has 194 valence electrons. The molecule has 1 aliphatic carbocycles. The predicted molar refractivity (Wildman–Crippen MR) is 142 cm³/mol. The molecular formula is C29H50N2O3. The molecule has 34 heavy (non-hydrogen) atoms. The SMILES string of the molecule is CCCCN1CCN(c2cc(OCCOCCOC)ccc2C2CCC(C(C)(C)C)CC2)CC1. The Morgan fingerprint density at radius 1 is 0.912 bits per heavy atom. The Kier molecular flexibility index (Phi) is 11.0. The van der Waals surface area contributed by atoms with E-state index in [4.69, 9.17) is 14.2 Å². The lowest BCUT2D eigenvalue weighted by Gasteiger charge is -2.40. The summed E-state index contributed by atoms with van der Waals surface area (Å²) >= 11 is 0. The van der Waals surface area contributed by atoms with Gasteiger partial charge >= 0.3 is 0 Å².